The highest BCUT2D eigenvalue weighted by Gasteiger charge is 2.22. The van der Waals surface area contributed by atoms with Gasteiger partial charge in [-0.1, -0.05) is 26.0 Å². The third-order valence-corrected chi connectivity index (χ3v) is 3.78. The summed E-state index contributed by atoms with van der Waals surface area (Å²) in [4.78, 5) is 43.0. The molecule has 1 aromatic carbocycles. The molecule has 2 N–H and O–H groups in total. The lowest BCUT2D eigenvalue weighted by Gasteiger charge is -2.18. The summed E-state index contributed by atoms with van der Waals surface area (Å²) in [6.45, 7) is 3.93. The number of para-hydroxylation sites is 1. The quantitative estimate of drug-likeness (QED) is 0.742. The Labute approximate surface area is 145 Å². The first-order chi connectivity index (χ1) is 11.9. The van der Waals surface area contributed by atoms with E-state index in [2.05, 4.69) is 15.3 Å². The Bertz CT molecular complexity index is 813. The fraction of sp³-hybridized carbons (Fsp3) is 0.444. The Morgan fingerprint density at radius 1 is 1.28 bits per heavy atom. The van der Waals surface area contributed by atoms with E-state index in [0.717, 1.165) is 0 Å². The van der Waals surface area contributed by atoms with Crippen LogP contribution in [0.15, 0.2) is 29.1 Å². The fourth-order valence-corrected chi connectivity index (χ4v) is 2.58. The van der Waals surface area contributed by atoms with Crippen molar-refractivity contribution in [2.24, 2.45) is 5.92 Å². The van der Waals surface area contributed by atoms with Gasteiger partial charge in [-0.25, -0.2) is 9.78 Å². The minimum Gasteiger partial charge on any atom is -0.467 e. The van der Waals surface area contributed by atoms with Crippen LogP contribution in [-0.4, -0.2) is 35.0 Å². The van der Waals surface area contributed by atoms with E-state index in [4.69, 9.17) is 4.74 Å². The molecule has 0 radical (unpaired) electrons. The number of benzene rings is 1. The molecule has 0 aliphatic carbocycles. The van der Waals surface area contributed by atoms with E-state index in [9.17, 15) is 14.4 Å². The molecule has 2 rings (SSSR count). The van der Waals surface area contributed by atoms with Gasteiger partial charge in [0.1, 0.15) is 11.9 Å². The summed E-state index contributed by atoms with van der Waals surface area (Å²) >= 11 is 0. The first-order valence-corrected chi connectivity index (χ1v) is 8.25. The van der Waals surface area contributed by atoms with E-state index >= 15 is 0 Å². The third-order valence-electron chi connectivity index (χ3n) is 3.78. The number of hydrogen-bond donors (Lipinski definition) is 2. The SMILES string of the molecule is COC(=O)C(CC(C)C)NC(=O)CCc1nc2ccccc2c(=O)[nH]1. The summed E-state index contributed by atoms with van der Waals surface area (Å²) in [7, 11) is 1.30. The summed E-state index contributed by atoms with van der Waals surface area (Å²) in [5.74, 6) is -0.0635. The van der Waals surface area contributed by atoms with Crippen molar-refractivity contribution >= 4 is 22.8 Å². The minimum absolute atomic E-state index is 0.118. The summed E-state index contributed by atoms with van der Waals surface area (Å²) in [6, 6.07) is 6.36. The van der Waals surface area contributed by atoms with E-state index in [0.29, 0.717) is 23.1 Å². The number of aryl methyl sites for hydroxylation is 1. The molecule has 7 heteroatoms. The number of carbonyl (C=O) groups is 2. The number of aromatic amines is 1. The molecule has 1 unspecified atom stereocenters. The van der Waals surface area contributed by atoms with Crippen LogP contribution in [-0.2, 0) is 20.7 Å². The van der Waals surface area contributed by atoms with Crippen molar-refractivity contribution < 1.29 is 14.3 Å². The highest BCUT2D eigenvalue weighted by Crippen LogP contribution is 2.08. The Hall–Kier alpha value is -2.70. The molecule has 134 valence electrons. The van der Waals surface area contributed by atoms with Gasteiger partial charge in [0.25, 0.3) is 5.56 Å². The molecule has 1 heterocycles. The number of fused-ring (bicyclic) bond motifs is 1. The van der Waals surface area contributed by atoms with Gasteiger partial charge in [-0.05, 0) is 24.5 Å². The Kier molecular flexibility index (Phi) is 6.27. The zero-order chi connectivity index (χ0) is 18.4. The Balaban J connectivity index is 2.01. The van der Waals surface area contributed by atoms with Crippen LogP contribution in [0.3, 0.4) is 0 Å². The van der Waals surface area contributed by atoms with Crippen molar-refractivity contribution in [1.82, 2.24) is 15.3 Å². The van der Waals surface area contributed by atoms with Gasteiger partial charge in [-0.3, -0.25) is 9.59 Å². The fourth-order valence-electron chi connectivity index (χ4n) is 2.58. The number of ether oxygens (including phenoxy) is 1. The van der Waals surface area contributed by atoms with Gasteiger partial charge in [-0.15, -0.1) is 0 Å². The number of nitrogens with zero attached hydrogens (tertiary/aromatic N) is 1. The predicted octanol–water partition coefficient (Wildman–Crippen LogP) is 1.56. The van der Waals surface area contributed by atoms with Gasteiger partial charge in [0.05, 0.1) is 18.0 Å². The molecular formula is C18H23N3O4. The van der Waals surface area contributed by atoms with Gasteiger partial charge in [0.15, 0.2) is 0 Å². The number of methoxy groups -OCH3 is 1. The van der Waals surface area contributed by atoms with Crippen LogP contribution in [0.1, 0.15) is 32.5 Å². The molecule has 1 amide bonds. The molecule has 0 aliphatic rings. The Morgan fingerprint density at radius 2 is 2.00 bits per heavy atom. The average Bonchev–Trinajstić information content (AvgIpc) is 2.58. The largest absolute Gasteiger partial charge is 0.467 e. The van der Waals surface area contributed by atoms with Crippen LogP contribution in [0.5, 0.6) is 0 Å². The number of hydrogen-bond acceptors (Lipinski definition) is 5. The minimum atomic E-state index is -0.666. The number of nitrogens with one attached hydrogen (secondary N) is 2. The molecule has 0 bridgehead atoms. The van der Waals surface area contributed by atoms with Crippen molar-refractivity contribution in [2.75, 3.05) is 7.11 Å². The van der Waals surface area contributed by atoms with Crippen LogP contribution in [0.25, 0.3) is 10.9 Å². The van der Waals surface area contributed by atoms with Crippen LogP contribution in [0.2, 0.25) is 0 Å². The molecule has 0 spiro atoms. The highest BCUT2D eigenvalue weighted by molar-refractivity contribution is 5.84. The molecule has 1 atom stereocenters. The van der Waals surface area contributed by atoms with Gasteiger partial charge in [0.2, 0.25) is 5.91 Å². The van der Waals surface area contributed by atoms with Crippen LogP contribution in [0, 0.1) is 5.92 Å². The molecule has 7 nitrogen and oxygen atoms in total. The zero-order valence-electron chi connectivity index (χ0n) is 14.7. The topological polar surface area (TPSA) is 101 Å². The molecular weight excluding hydrogens is 322 g/mol. The van der Waals surface area contributed by atoms with E-state index in [1.807, 2.05) is 13.8 Å². The van der Waals surface area contributed by atoms with Crippen LogP contribution in [0.4, 0.5) is 0 Å². The molecule has 0 saturated heterocycles. The van der Waals surface area contributed by atoms with Gasteiger partial charge in [-0.2, -0.15) is 0 Å². The Morgan fingerprint density at radius 3 is 2.68 bits per heavy atom. The lowest BCUT2D eigenvalue weighted by atomic mass is 10.0. The van der Waals surface area contributed by atoms with E-state index in [-0.39, 0.29) is 30.2 Å². The molecule has 0 saturated carbocycles. The standard InChI is InChI=1S/C18H23N3O4/c1-11(2)10-14(18(24)25-3)20-16(22)9-8-15-19-13-7-5-4-6-12(13)17(23)21-15/h4-7,11,14H,8-10H2,1-3H3,(H,20,22)(H,19,21,23). The highest BCUT2D eigenvalue weighted by atomic mass is 16.5. The first kappa shape index (κ1) is 18.6. The maximum Gasteiger partial charge on any atom is 0.328 e. The number of H-pyrrole nitrogens is 1. The lowest BCUT2D eigenvalue weighted by Crippen LogP contribution is -2.42. The monoisotopic (exact) mass is 345 g/mol. The molecule has 1 aromatic heterocycles. The smallest absolute Gasteiger partial charge is 0.328 e. The maximum atomic E-state index is 12.1. The number of rotatable bonds is 7. The predicted molar refractivity (Wildman–Crippen MR) is 94.1 cm³/mol. The second kappa shape index (κ2) is 8.41. The van der Waals surface area contributed by atoms with Gasteiger partial charge < -0.3 is 15.0 Å². The van der Waals surface area contributed by atoms with Crippen LogP contribution < -0.4 is 10.9 Å². The summed E-state index contributed by atoms with van der Waals surface area (Å²) in [5.41, 5.74) is 0.363. The number of carbonyl (C=O) groups excluding carboxylic acids is 2. The normalized spacial score (nSPS) is 12.2. The second-order valence-corrected chi connectivity index (χ2v) is 6.30. The van der Waals surface area contributed by atoms with E-state index in [1.165, 1.54) is 7.11 Å². The summed E-state index contributed by atoms with van der Waals surface area (Å²) < 4.78 is 4.73. The van der Waals surface area contributed by atoms with Gasteiger partial charge >= 0.3 is 5.97 Å². The van der Waals surface area contributed by atoms with Crippen molar-refractivity contribution in [3.05, 3.63) is 40.4 Å². The number of esters is 1. The lowest BCUT2D eigenvalue weighted by molar-refractivity contribution is -0.145. The van der Waals surface area contributed by atoms with Gasteiger partial charge in [0, 0.05) is 12.8 Å². The van der Waals surface area contributed by atoms with Crippen molar-refractivity contribution in [3.8, 4) is 0 Å². The number of amides is 1. The zero-order valence-corrected chi connectivity index (χ0v) is 14.7. The van der Waals surface area contributed by atoms with Crippen molar-refractivity contribution in [3.63, 3.8) is 0 Å². The second-order valence-electron chi connectivity index (χ2n) is 6.30. The summed E-state index contributed by atoms with van der Waals surface area (Å²) in [5, 5.41) is 3.20. The maximum absolute atomic E-state index is 12.1. The van der Waals surface area contributed by atoms with E-state index in [1.54, 1.807) is 24.3 Å². The average molecular weight is 345 g/mol. The number of aromatic nitrogens is 2. The van der Waals surface area contributed by atoms with Crippen molar-refractivity contribution in [2.45, 2.75) is 39.2 Å². The third kappa shape index (κ3) is 5.14. The molecule has 0 fully saturated rings. The molecule has 0 aliphatic heterocycles. The molecule has 2 aromatic rings. The van der Waals surface area contributed by atoms with Crippen molar-refractivity contribution in [1.29, 1.82) is 0 Å². The molecule has 25 heavy (non-hydrogen) atoms. The summed E-state index contributed by atoms with van der Waals surface area (Å²) in [6.07, 6.45) is 0.901. The first-order valence-electron chi connectivity index (χ1n) is 8.25. The van der Waals surface area contributed by atoms with E-state index < -0.39 is 12.0 Å². The van der Waals surface area contributed by atoms with Crippen LogP contribution >= 0.6 is 0 Å².